The van der Waals surface area contributed by atoms with Crippen molar-refractivity contribution in [3.05, 3.63) is 36.0 Å². The fourth-order valence-corrected chi connectivity index (χ4v) is 4.90. The van der Waals surface area contributed by atoms with Crippen LogP contribution in [0.15, 0.2) is 30.5 Å². The molecule has 0 aliphatic carbocycles. The van der Waals surface area contributed by atoms with Crippen LogP contribution in [0.3, 0.4) is 0 Å². The van der Waals surface area contributed by atoms with Gasteiger partial charge in [-0.05, 0) is 45.0 Å². The Morgan fingerprint density at radius 3 is 2.78 bits per heavy atom. The molecule has 0 saturated carbocycles. The molecule has 2 atom stereocenters. The number of halogens is 3. The predicted octanol–water partition coefficient (Wildman–Crippen LogP) is 3.54. The Morgan fingerprint density at radius 2 is 2.04 bits per heavy atom. The third kappa shape index (κ3) is 3.06. The second-order valence-corrected chi connectivity index (χ2v) is 7.85. The fraction of sp³-hybridized carbons (Fsp3) is 0.550. The Morgan fingerprint density at radius 1 is 1.22 bits per heavy atom. The molecule has 3 heterocycles. The molecule has 1 aromatic carbocycles. The van der Waals surface area contributed by atoms with E-state index in [4.69, 9.17) is 0 Å². The Labute approximate surface area is 156 Å². The molecular formula is C20H24F3N3O. The molecule has 1 aromatic heterocycles. The number of nitrogens with zero attached hydrogens (tertiary/aromatic N) is 3. The molecule has 27 heavy (non-hydrogen) atoms. The zero-order chi connectivity index (χ0) is 19.2. The first-order valence-corrected chi connectivity index (χ1v) is 9.37. The Balaban J connectivity index is 1.73. The summed E-state index contributed by atoms with van der Waals surface area (Å²) in [6.45, 7) is 2.56. The van der Waals surface area contributed by atoms with Gasteiger partial charge in [-0.1, -0.05) is 12.1 Å². The number of aromatic nitrogens is 1. The van der Waals surface area contributed by atoms with Crippen LogP contribution in [0.4, 0.5) is 18.9 Å². The summed E-state index contributed by atoms with van der Waals surface area (Å²) < 4.78 is 40.1. The summed E-state index contributed by atoms with van der Waals surface area (Å²) in [4.78, 5) is 8.48. The van der Waals surface area contributed by atoms with Gasteiger partial charge in [-0.15, -0.1) is 0 Å². The van der Waals surface area contributed by atoms with E-state index in [1.165, 1.54) is 12.3 Å². The molecule has 0 spiro atoms. The summed E-state index contributed by atoms with van der Waals surface area (Å²) in [7, 11) is 2.07. The summed E-state index contributed by atoms with van der Waals surface area (Å²) in [5.74, 6) is 0. The van der Waals surface area contributed by atoms with Crippen LogP contribution < -0.4 is 4.90 Å². The smallest absolute Gasteiger partial charge is 0.396 e. The van der Waals surface area contributed by atoms with Gasteiger partial charge in [0.2, 0.25) is 0 Å². The van der Waals surface area contributed by atoms with Gasteiger partial charge >= 0.3 is 6.18 Å². The van der Waals surface area contributed by atoms with Gasteiger partial charge in [-0.2, -0.15) is 13.2 Å². The fourth-order valence-electron chi connectivity index (χ4n) is 4.90. The van der Waals surface area contributed by atoms with Gasteiger partial charge in [0.05, 0.1) is 17.7 Å². The number of fused-ring (bicyclic) bond motifs is 2. The Kier molecular flexibility index (Phi) is 4.55. The SMILES string of the molecule is CN1CCC[C@]2(CO)CCN(c3ccnc4c(C(F)(F)F)cccc34)C[C@@H]12. The van der Waals surface area contributed by atoms with Crippen LogP contribution in [-0.2, 0) is 6.18 Å². The molecule has 1 N–H and O–H groups in total. The van der Waals surface area contributed by atoms with Gasteiger partial charge in [0, 0.05) is 41.8 Å². The number of likely N-dealkylation sites (N-methyl/N-ethyl adjacent to an activating group) is 1. The highest BCUT2D eigenvalue weighted by Gasteiger charge is 2.46. The van der Waals surface area contributed by atoms with E-state index in [9.17, 15) is 18.3 Å². The van der Waals surface area contributed by atoms with E-state index in [1.807, 2.05) is 0 Å². The largest absolute Gasteiger partial charge is 0.418 e. The van der Waals surface area contributed by atoms with Crippen LogP contribution in [0.2, 0.25) is 0 Å². The Bertz CT molecular complexity index is 841. The van der Waals surface area contributed by atoms with Crippen LogP contribution in [-0.4, -0.2) is 54.3 Å². The zero-order valence-corrected chi connectivity index (χ0v) is 15.3. The number of aliphatic hydroxyl groups is 1. The standard InChI is InChI=1S/C20H24F3N3O/c1-25-10-3-7-19(13-27)8-11-26(12-17(19)25)16-6-9-24-18-14(16)4-2-5-15(18)20(21,22)23/h2,4-6,9,17,27H,3,7-8,10-13H2,1H3/t17-,19-/m1/s1. The first-order chi connectivity index (χ1) is 12.9. The minimum Gasteiger partial charge on any atom is -0.396 e. The quantitative estimate of drug-likeness (QED) is 0.867. The molecule has 2 aliphatic rings. The molecule has 4 rings (SSSR count). The average molecular weight is 379 g/mol. The Hall–Kier alpha value is -1.86. The van der Waals surface area contributed by atoms with Crippen molar-refractivity contribution in [2.75, 3.05) is 38.2 Å². The summed E-state index contributed by atoms with van der Waals surface area (Å²) in [5, 5.41) is 10.6. The lowest BCUT2D eigenvalue weighted by Gasteiger charge is -2.54. The van der Waals surface area contributed by atoms with Crippen LogP contribution in [0.1, 0.15) is 24.8 Å². The number of anilines is 1. The molecule has 0 radical (unpaired) electrons. The first kappa shape index (κ1) is 18.5. The van der Waals surface area contributed by atoms with E-state index in [-0.39, 0.29) is 23.6 Å². The summed E-state index contributed by atoms with van der Waals surface area (Å²) in [6, 6.07) is 6.24. The van der Waals surface area contributed by atoms with Gasteiger partial charge in [0.15, 0.2) is 0 Å². The lowest BCUT2D eigenvalue weighted by Crippen LogP contribution is -2.61. The topological polar surface area (TPSA) is 39.6 Å². The number of rotatable bonds is 2. The van der Waals surface area contributed by atoms with Gasteiger partial charge in [0.25, 0.3) is 0 Å². The number of hydrogen-bond acceptors (Lipinski definition) is 4. The van der Waals surface area contributed by atoms with E-state index < -0.39 is 11.7 Å². The van der Waals surface area contributed by atoms with E-state index in [0.29, 0.717) is 11.9 Å². The highest BCUT2D eigenvalue weighted by Crippen LogP contribution is 2.44. The molecule has 0 unspecified atom stereocenters. The van der Waals surface area contributed by atoms with E-state index in [0.717, 1.165) is 44.1 Å². The number of para-hydroxylation sites is 1. The second kappa shape index (κ2) is 6.63. The molecule has 0 bridgehead atoms. The number of alkyl halides is 3. The molecule has 7 heteroatoms. The van der Waals surface area contributed by atoms with Crippen molar-refractivity contribution in [2.45, 2.75) is 31.5 Å². The maximum absolute atomic E-state index is 13.4. The number of benzene rings is 1. The van der Waals surface area contributed by atoms with Crippen molar-refractivity contribution in [1.29, 1.82) is 0 Å². The molecule has 4 nitrogen and oxygen atoms in total. The average Bonchev–Trinajstić information content (AvgIpc) is 2.66. The van der Waals surface area contributed by atoms with Gasteiger partial charge in [0.1, 0.15) is 0 Å². The lowest BCUT2D eigenvalue weighted by molar-refractivity contribution is -0.136. The highest BCUT2D eigenvalue weighted by atomic mass is 19.4. The molecule has 0 amide bonds. The monoisotopic (exact) mass is 379 g/mol. The molecular weight excluding hydrogens is 355 g/mol. The summed E-state index contributed by atoms with van der Waals surface area (Å²) >= 11 is 0. The van der Waals surface area contributed by atoms with Crippen molar-refractivity contribution in [1.82, 2.24) is 9.88 Å². The minimum absolute atomic E-state index is 0.00139. The number of hydrogen-bond donors (Lipinski definition) is 1. The highest BCUT2D eigenvalue weighted by molar-refractivity contribution is 5.93. The predicted molar refractivity (Wildman–Crippen MR) is 98.7 cm³/mol. The molecule has 2 aromatic rings. The molecule has 2 saturated heterocycles. The number of aliphatic hydroxyl groups excluding tert-OH is 1. The third-order valence-corrected chi connectivity index (χ3v) is 6.41. The van der Waals surface area contributed by atoms with Crippen LogP contribution >= 0.6 is 0 Å². The molecule has 146 valence electrons. The number of likely N-dealkylation sites (tertiary alicyclic amines) is 1. The van der Waals surface area contributed by atoms with Crippen molar-refractivity contribution >= 4 is 16.6 Å². The van der Waals surface area contributed by atoms with E-state index >= 15 is 0 Å². The lowest BCUT2D eigenvalue weighted by atomic mass is 9.69. The maximum atomic E-state index is 13.4. The van der Waals surface area contributed by atoms with Gasteiger partial charge in [-0.25, -0.2) is 0 Å². The first-order valence-electron chi connectivity index (χ1n) is 9.37. The number of piperidine rings is 2. The summed E-state index contributed by atoms with van der Waals surface area (Å²) in [5.41, 5.74) is -0.0165. The van der Waals surface area contributed by atoms with Crippen molar-refractivity contribution in [3.63, 3.8) is 0 Å². The number of pyridine rings is 1. The molecule has 2 fully saturated rings. The third-order valence-electron chi connectivity index (χ3n) is 6.41. The van der Waals surface area contributed by atoms with Gasteiger partial charge in [-0.3, -0.25) is 4.98 Å². The van der Waals surface area contributed by atoms with E-state index in [1.54, 1.807) is 12.1 Å². The van der Waals surface area contributed by atoms with Crippen LogP contribution in [0.25, 0.3) is 10.9 Å². The van der Waals surface area contributed by atoms with Crippen molar-refractivity contribution in [3.8, 4) is 0 Å². The normalized spacial score (nSPS) is 27.0. The van der Waals surface area contributed by atoms with Crippen LogP contribution in [0.5, 0.6) is 0 Å². The van der Waals surface area contributed by atoms with Crippen molar-refractivity contribution < 1.29 is 18.3 Å². The van der Waals surface area contributed by atoms with E-state index in [2.05, 4.69) is 21.8 Å². The maximum Gasteiger partial charge on any atom is 0.418 e. The van der Waals surface area contributed by atoms with Crippen molar-refractivity contribution in [2.24, 2.45) is 5.41 Å². The van der Waals surface area contributed by atoms with Crippen LogP contribution in [0, 0.1) is 5.41 Å². The zero-order valence-electron chi connectivity index (χ0n) is 15.3. The van der Waals surface area contributed by atoms with Gasteiger partial charge < -0.3 is 14.9 Å². The summed E-state index contributed by atoms with van der Waals surface area (Å²) in [6.07, 6.45) is -0.0578. The molecule has 2 aliphatic heterocycles. The minimum atomic E-state index is -4.43. The second-order valence-electron chi connectivity index (χ2n) is 7.85.